The number of phosphoric ester groups is 2. The van der Waals surface area contributed by atoms with Crippen LogP contribution < -0.4 is 0 Å². The van der Waals surface area contributed by atoms with Gasteiger partial charge in [-0.1, -0.05) is 152 Å². The number of aliphatic hydroxyl groups is 2. The summed E-state index contributed by atoms with van der Waals surface area (Å²) in [5.74, 6) is -1.11. The minimum atomic E-state index is -4.87. The number of hydrogen-bond donors (Lipinski definition) is 5. The average molecular weight is 895 g/mol. The maximum absolute atomic E-state index is 12.7. The predicted octanol–water partition coefficient (Wildman–Crippen LogP) is 10.4. The van der Waals surface area contributed by atoms with Crippen molar-refractivity contribution in [1.82, 2.24) is 0 Å². The quantitative estimate of drug-likeness (QED) is 0.0127. The number of hydrogen-bond acceptors (Lipinski definition) is 11. The van der Waals surface area contributed by atoms with Crippen LogP contribution in [0.15, 0.2) is 48.6 Å². The van der Waals surface area contributed by atoms with Crippen molar-refractivity contribution < 1.29 is 66.7 Å². The van der Waals surface area contributed by atoms with Gasteiger partial charge >= 0.3 is 27.6 Å². The smallest absolute Gasteiger partial charge is 0.462 e. The van der Waals surface area contributed by atoms with Crippen LogP contribution in [-0.2, 0) is 41.8 Å². The summed E-state index contributed by atoms with van der Waals surface area (Å²) in [5.41, 5.74) is 0. The van der Waals surface area contributed by atoms with Crippen molar-refractivity contribution in [2.24, 2.45) is 0 Å². The molecule has 0 heterocycles. The van der Waals surface area contributed by atoms with E-state index < -0.39 is 72.3 Å². The van der Waals surface area contributed by atoms with E-state index in [2.05, 4.69) is 47.2 Å². The first-order chi connectivity index (χ1) is 28.8. The Kier molecular flexibility index (Phi) is 38.6. The van der Waals surface area contributed by atoms with E-state index in [1.807, 2.05) is 18.2 Å². The molecular formula is C44H80O14P2. The third kappa shape index (κ3) is 42.7. The van der Waals surface area contributed by atoms with E-state index in [1.54, 1.807) is 6.08 Å². The Balaban J connectivity index is 4.58. The number of esters is 2. The summed E-state index contributed by atoms with van der Waals surface area (Å²) in [6.07, 6.45) is 36.9. The van der Waals surface area contributed by atoms with Crippen molar-refractivity contribution in [1.29, 1.82) is 0 Å². The zero-order valence-electron chi connectivity index (χ0n) is 36.7. The van der Waals surface area contributed by atoms with Crippen LogP contribution in [-0.4, -0.2) is 81.6 Å². The van der Waals surface area contributed by atoms with Crippen LogP contribution in [0.25, 0.3) is 0 Å². The lowest BCUT2D eigenvalue weighted by Gasteiger charge is -2.20. The molecule has 5 N–H and O–H groups in total. The van der Waals surface area contributed by atoms with Gasteiger partial charge in [-0.3, -0.25) is 23.2 Å². The molecular weight excluding hydrogens is 814 g/mol. The second-order valence-corrected chi connectivity index (χ2v) is 17.8. The second kappa shape index (κ2) is 39.9. The van der Waals surface area contributed by atoms with Gasteiger partial charge in [0.15, 0.2) is 6.10 Å². The zero-order chi connectivity index (χ0) is 44.6. The van der Waals surface area contributed by atoms with E-state index >= 15 is 0 Å². The van der Waals surface area contributed by atoms with E-state index in [9.17, 15) is 33.8 Å². The SMILES string of the molecule is CC/C=C/C/C=C/C=C/C(O)CCCCCCCC(=O)OC[C@H](COP(=O)(O)OC[C@@H](O)COP(=O)(O)O)OC(=O)CCCCCCCCC/C=C\CCCCCCCC. The number of carbonyl (C=O) groups excluding carboxylic acids is 2. The van der Waals surface area contributed by atoms with E-state index in [-0.39, 0.29) is 12.8 Å². The zero-order valence-corrected chi connectivity index (χ0v) is 38.5. The summed E-state index contributed by atoms with van der Waals surface area (Å²) >= 11 is 0. The first kappa shape index (κ1) is 58.0. The molecule has 0 saturated carbocycles. The third-order valence-electron chi connectivity index (χ3n) is 9.30. The van der Waals surface area contributed by atoms with E-state index in [0.29, 0.717) is 19.3 Å². The minimum absolute atomic E-state index is 0.105. The molecule has 0 aromatic rings. The maximum Gasteiger partial charge on any atom is 0.472 e. The summed E-state index contributed by atoms with van der Waals surface area (Å²) < 4.78 is 47.7. The van der Waals surface area contributed by atoms with Gasteiger partial charge in [0.2, 0.25) is 0 Å². The van der Waals surface area contributed by atoms with Crippen molar-refractivity contribution in [3.63, 3.8) is 0 Å². The molecule has 0 rings (SSSR count). The molecule has 4 atom stereocenters. The predicted molar refractivity (Wildman–Crippen MR) is 236 cm³/mol. The molecule has 0 radical (unpaired) electrons. The van der Waals surface area contributed by atoms with Crippen LogP contribution in [0.5, 0.6) is 0 Å². The Labute approximate surface area is 361 Å². The second-order valence-electron chi connectivity index (χ2n) is 15.1. The van der Waals surface area contributed by atoms with E-state index in [4.69, 9.17) is 23.8 Å². The molecule has 16 heteroatoms. The minimum Gasteiger partial charge on any atom is -0.462 e. The highest BCUT2D eigenvalue weighted by Gasteiger charge is 2.28. The van der Waals surface area contributed by atoms with Crippen LogP contribution in [0.4, 0.5) is 0 Å². The van der Waals surface area contributed by atoms with Gasteiger partial charge in [-0.15, -0.1) is 0 Å². The van der Waals surface area contributed by atoms with Crippen molar-refractivity contribution in [2.45, 2.75) is 193 Å². The third-order valence-corrected chi connectivity index (χ3v) is 10.7. The number of aliphatic hydroxyl groups excluding tert-OH is 2. The Bertz CT molecular complexity index is 1270. The number of rotatable bonds is 42. The van der Waals surface area contributed by atoms with Gasteiger partial charge in [0, 0.05) is 12.8 Å². The Morgan fingerprint density at radius 1 is 0.567 bits per heavy atom. The maximum atomic E-state index is 12.7. The molecule has 0 aliphatic heterocycles. The van der Waals surface area contributed by atoms with E-state index in [0.717, 1.165) is 70.6 Å². The monoisotopic (exact) mass is 895 g/mol. The Morgan fingerprint density at radius 2 is 1.10 bits per heavy atom. The molecule has 0 bridgehead atoms. The summed E-state index contributed by atoms with van der Waals surface area (Å²) in [7, 11) is -9.71. The first-order valence-electron chi connectivity index (χ1n) is 22.4. The Hall–Kier alpha value is -1.96. The van der Waals surface area contributed by atoms with Crippen molar-refractivity contribution >= 4 is 27.6 Å². The highest BCUT2D eigenvalue weighted by atomic mass is 31.2. The van der Waals surface area contributed by atoms with Crippen molar-refractivity contribution in [3.05, 3.63) is 48.6 Å². The molecule has 14 nitrogen and oxygen atoms in total. The standard InChI is InChI=1S/C44H80O14P2/c1-3-5-7-9-11-12-13-14-15-16-17-18-19-20-22-26-31-35-44(48)58-42(39-57-60(52,53)56-37-41(46)36-55-59(49,50)51)38-54-43(47)34-30-27-23-25-29-33-40(45)32-28-24-21-10-8-6-4-2/h6,8,14-15,21,24,28,32,40-42,45-46H,3-5,7,9-13,16-20,22-23,25-27,29-31,33-39H2,1-2H3,(H,52,53)(H2,49,50,51)/b8-6+,15-14-,24-21+,32-28+/t40?,41-,42+/m0/s1. The number of carbonyl (C=O) groups is 2. The lowest BCUT2D eigenvalue weighted by atomic mass is 10.1. The molecule has 350 valence electrons. The first-order valence-corrected chi connectivity index (χ1v) is 25.5. The molecule has 0 saturated heterocycles. The number of unbranched alkanes of at least 4 members (excludes halogenated alkanes) is 17. The molecule has 2 unspecified atom stereocenters. The fraction of sp³-hybridized carbons (Fsp3) is 0.773. The molecule has 0 aromatic heterocycles. The van der Waals surface area contributed by atoms with Gasteiger partial charge < -0.3 is 34.4 Å². The normalized spacial score (nSPS) is 15.0. The van der Waals surface area contributed by atoms with Gasteiger partial charge in [-0.05, 0) is 57.8 Å². The topological polar surface area (TPSA) is 216 Å². The molecule has 0 aromatic carbocycles. The summed E-state index contributed by atoms with van der Waals surface area (Å²) in [6.45, 7) is 1.52. The summed E-state index contributed by atoms with van der Waals surface area (Å²) in [6, 6.07) is 0. The van der Waals surface area contributed by atoms with Crippen LogP contribution in [0.1, 0.15) is 174 Å². The molecule has 0 aliphatic rings. The Morgan fingerprint density at radius 3 is 1.70 bits per heavy atom. The molecule has 0 spiro atoms. The lowest BCUT2D eigenvalue weighted by molar-refractivity contribution is -0.161. The molecule has 0 fully saturated rings. The van der Waals surface area contributed by atoms with E-state index in [1.165, 1.54) is 57.8 Å². The number of ether oxygens (including phenoxy) is 2. The number of phosphoric acid groups is 2. The fourth-order valence-electron chi connectivity index (χ4n) is 5.88. The molecule has 0 amide bonds. The van der Waals surface area contributed by atoms with Crippen LogP contribution in [0.3, 0.4) is 0 Å². The van der Waals surface area contributed by atoms with Crippen LogP contribution in [0.2, 0.25) is 0 Å². The summed E-state index contributed by atoms with van der Waals surface area (Å²) in [4.78, 5) is 52.7. The van der Waals surface area contributed by atoms with Crippen molar-refractivity contribution in [2.75, 3.05) is 26.4 Å². The largest absolute Gasteiger partial charge is 0.472 e. The van der Waals surface area contributed by atoms with Crippen LogP contribution in [0, 0.1) is 0 Å². The van der Waals surface area contributed by atoms with Crippen LogP contribution >= 0.6 is 15.6 Å². The summed E-state index contributed by atoms with van der Waals surface area (Å²) in [5, 5.41) is 19.9. The van der Waals surface area contributed by atoms with Gasteiger partial charge in [0.1, 0.15) is 12.7 Å². The highest BCUT2D eigenvalue weighted by Crippen LogP contribution is 2.43. The fourth-order valence-corrected chi connectivity index (χ4v) is 7.04. The molecule has 60 heavy (non-hydrogen) atoms. The lowest BCUT2D eigenvalue weighted by Crippen LogP contribution is -2.30. The average Bonchev–Trinajstić information content (AvgIpc) is 3.20. The van der Waals surface area contributed by atoms with Crippen molar-refractivity contribution in [3.8, 4) is 0 Å². The van der Waals surface area contributed by atoms with Gasteiger partial charge in [0.05, 0.1) is 25.9 Å². The molecule has 0 aliphatic carbocycles. The highest BCUT2D eigenvalue weighted by molar-refractivity contribution is 7.47. The van der Waals surface area contributed by atoms with Gasteiger partial charge in [-0.2, -0.15) is 0 Å². The van der Waals surface area contributed by atoms with Gasteiger partial charge in [0.25, 0.3) is 0 Å². The number of allylic oxidation sites excluding steroid dienone is 7. The van der Waals surface area contributed by atoms with Gasteiger partial charge in [-0.25, -0.2) is 9.13 Å².